The summed E-state index contributed by atoms with van der Waals surface area (Å²) in [6.45, 7) is 0. The Morgan fingerprint density at radius 1 is 1.44 bits per heavy atom. The summed E-state index contributed by atoms with van der Waals surface area (Å²) in [5.41, 5.74) is 8.30. The highest BCUT2D eigenvalue weighted by atomic mass is 16.5. The van der Waals surface area contributed by atoms with Gasteiger partial charge >= 0.3 is 5.97 Å². The molecule has 1 aromatic rings. The average molecular weight is 248 g/mol. The molecule has 18 heavy (non-hydrogen) atoms. The highest BCUT2D eigenvalue weighted by Crippen LogP contribution is 2.24. The number of carboxylic acids is 1. The van der Waals surface area contributed by atoms with Gasteiger partial charge in [0.15, 0.2) is 6.23 Å². The van der Waals surface area contributed by atoms with Gasteiger partial charge in [-0.2, -0.15) is 0 Å². The van der Waals surface area contributed by atoms with Gasteiger partial charge in [-0.25, -0.2) is 0 Å². The number of benzene rings is 1. The summed E-state index contributed by atoms with van der Waals surface area (Å²) in [6.07, 6.45) is 2.86. The number of nitrogens with two attached hydrogens (primary N) is 1. The summed E-state index contributed by atoms with van der Waals surface area (Å²) in [6, 6.07) is 7.53. The van der Waals surface area contributed by atoms with Crippen molar-refractivity contribution in [3.05, 3.63) is 36.1 Å². The van der Waals surface area contributed by atoms with Gasteiger partial charge in [-0.3, -0.25) is 4.79 Å². The minimum atomic E-state index is -0.784. The Morgan fingerprint density at radius 2 is 2.22 bits per heavy atom. The fourth-order valence-corrected chi connectivity index (χ4v) is 1.85. The Kier molecular flexibility index (Phi) is 3.72. The third-order valence-electron chi connectivity index (χ3n) is 2.77. The smallest absolute Gasteiger partial charge is 0.303 e. The highest BCUT2D eigenvalue weighted by Gasteiger charge is 2.19. The van der Waals surface area contributed by atoms with Gasteiger partial charge < -0.3 is 20.9 Å². The predicted molar refractivity (Wildman–Crippen MR) is 68.3 cm³/mol. The molecule has 0 radical (unpaired) electrons. The maximum Gasteiger partial charge on any atom is 0.303 e. The number of anilines is 1. The van der Waals surface area contributed by atoms with Crippen molar-refractivity contribution in [3.63, 3.8) is 0 Å². The molecule has 1 aliphatic heterocycles. The van der Waals surface area contributed by atoms with Crippen LogP contribution in [0.5, 0.6) is 0 Å². The second-order valence-corrected chi connectivity index (χ2v) is 4.17. The molecule has 0 bridgehead atoms. The number of carbonyl (C=O) groups is 1. The van der Waals surface area contributed by atoms with Crippen molar-refractivity contribution in [2.24, 2.45) is 0 Å². The number of aliphatic carboxylic acids is 1. The van der Waals surface area contributed by atoms with Gasteiger partial charge in [0.2, 0.25) is 0 Å². The number of hydrogen-bond acceptors (Lipinski definition) is 4. The van der Waals surface area contributed by atoms with E-state index in [0.717, 1.165) is 11.3 Å². The molecule has 5 heteroatoms. The molecule has 5 nitrogen and oxygen atoms in total. The highest BCUT2D eigenvalue weighted by molar-refractivity contribution is 5.74. The lowest BCUT2D eigenvalue weighted by atomic mass is 10.1. The van der Waals surface area contributed by atoms with Gasteiger partial charge in [-0.05, 0) is 12.5 Å². The number of rotatable bonds is 5. The van der Waals surface area contributed by atoms with Crippen molar-refractivity contribution >= 4 is 17.4 Å². The van der Waals surface area contributed by atoms with Crippen molar-refractivity contribution in [2.45, 2.75) is 25.5 Å². The zero-order valence-electron chi connectivity index (χ0n) is 9.93. The molecule has 1 unspecified atom stereocenters. The molecular formula is C13H16N2O3. The maximum atomic E-state index is 10.4. The first-order chi connectivity index (χ1) is 8.66. The van der Waals surface area contributed by atoms with E-state index in [4.69, 9.17) is 15.6 Å². The van der Waals surface area contributed by atoms with Gasteiger partial charge in [0, 0.05) is 24.1 Å². The van der Waals surface area contributed by atoms with E-state index in [1.54, 1.807) is 6.26 Å². The van der Waals surface area contributed by atoms with Crippen molar-refractivity contribution in [2.75, 3.05) is 5.73 Å². The molecule has 4 N–H and O–H groups in total. The van der Waals surface area contributed by atoms with Crippen LogP contribution in [0.2, 0.25) is 0 Å². The molecule has 0 amide bonds. The summed E-state index contributed by atoms with van der Waals surface area (Å²) in [4.78, 5) is 10.4. The zero-order chi connectivity index (χ0) is 13.0. The molecule has 0 saturated carbocycles. The monoisotopic (exact) mass is 248 g/mol. The van der Waals surface area contributed by atoms with Crippen LogP contribution in [-0.2, 0) is 9.53 Å². The van der Waals surface area contributed by atoms with Gasteiger partial charge in [-0.15, -0.1) is 0 Å². The number of nitrogen functional groups attached to an aromatic ring is 1. The van der Waals surface area contributed by atoms with E-state index in [9.17, 15) is 4.79 Å². The van der Waals surface area contributed by atoms with Gasteiger partial charge in [-0.1, -0.05) is 18.2 Å². The normalized spacial score (nSPS) is 17.8. The molecular weight excluding hydrogens is 232 g/mol. The Bertz CT molecular complexity index is 471. The Labute approximate surface area is 105 Å². The molecule has 0 spiro atoms. The van der Waals surface area contributed by atoms with Crippen LogP contribution < -0.4 is 11.1 Å². The largest absolute Gasteiger partial charge is 0.481 e. The number of para-hydroxylation sites is 1. The van der Waals surface area contributed by atoms with Crippen LogP contribution in [0.1, 0.15) is 24.8 Å². The van der Waals surface area contributed by atoms with Gasteiger partial charge in [0.05, 0.1) is 5.70 Å². The van der Waals surface area contributed by atoms with Crippen LogP contribution in [0.3, 0.4) is 0 Å². The maximum absolute atomic E-state index is 10.4. The first-order valence-corrected chi connectivity index (χ1v) is 5.85. The lowest BCUT2D eigenvalue weighted by Crippen LogP contribution is -2.23. The molecule has 1 aliphatic rings. The van der Waals surface area contributed by atoms with Crippen LogP contribution >= 0.6 is 0 Å². The lowest BCUT2D eigenvalue weighted by molar-refractivity contribution is -0.137. The lowest BCUT2D eigenvalue weighted by Gasteiger charge is -2.12. The summed E-state index contributed by atoms with van der Waals surface area (Å²) in [5.74, 6) is -0.784. The fraction of sp³-hybridized carbons (Fsp3) is 0.308. The van der Waals surface area contributed by atoms with Crippen LogP contribution in [-0.4, -0.2) is 17.3 Å². The van der Waals surface area contributed by atoms with Crippen LogP contribution in [0.25, 0.3) is 5.70 Å². The van der Waals surface area contributed by atoms with Crippen LogP contribution in [0.4, 0.5) is 5.69 Å². The molecule has 1 atom stereocenters. The SMILES string of the molecule is Nc1ccccc1C1=COC(CCCC(=O)O)N1. The Morgan fingerprint density at radius 3 is 2.94 bits per heavy atom. The summed E-state index contributed by atoms with van der Waals surface area (Å²) in [7, 11) is 0. The van der Waals surface area contributed by atoms with Crippen molar-refractivity contribution < 1.29 is 14.6 Å². The number of carboxylic acid groups (broad SMARTS) is 1. The minimum Gasteiger partial charge on any atom is -0.481 e. The van der Waals surface area contributed by atoms with Gasteiger partial charge in [0.1, 0.15) is 6.26 Å². The molecule has 0 aromatic heterocycles. The standard InChI is InChI=1S/C13H16N2O3/c14-10-5-2-1-4-9(10)11-8-18-12(15-11)6-3-7-13(16)17/h1-2,4-5,8,12,15H,3,6-7,14H2,(H,16,17). The Hall–Kier alpha value is -2.17. The van der Waals surface area contributed by atoms with E-state index < -0.39 is 5.97 Å². The molecule has 0 fully saturated rings. The fourth-order valence-electron chi connectivity index (χ4n) is 1.85. The number of hydrogen-bond donors (Lipinski definition) is 3. The topological polar surface area (TPSA) is 84.6 Å². The molecule has 1 aromatic carbocycles. The number of nitrogens with one attached hydrogen (secondary N) is 1. The van der Waals surface area contributed by atoms with E-state index in [1.807, 2.05) is 24.3 Å². The summed E-state index contributed by atoms with van der Waals surface area (Å²) >= 11 is 0. The quantitative estimate of drug-likeness (QED) is 0.691. The van der Waals surface area contributed by atoms with E-state index >= 15 is 0 Å². The van der Waals surface area contributed by atoms with Crippen molar-refractivity contribution in [3.8, 4) is 0 Å². The van der Waals surface area contributed by atoms with E-state index in [1.165, 1.54) is 0 Å². The van der Waals surface area contributed by atoms with Gasteiger partial charge in [0.25, 0.3) is 0 Å². The first-order valence-electron chi connectivity index (χ1n) is 5.85. The third-order valence-corrected chi connectivity index (χ3v) is 2.77. The second kappa shape index (κ2) is 5.44. The zero-order valence-corrected chi connectivity index (χ0v) is 9.93. The predicted octanol–water partition coefficient (Wildman–Crippen LogP) is 1.77. The van der Waals surface area contributed by atoms with E-state index in [2.05, 4.69) is 5.32 Å². The molecule has 0 aliphatic carbocycles. The van der Waals surface area contributed by atoms with E-state index in [0.29, 0.717) is 18.5 Å². The number of ether oxygens (including phenoxy) is 1. The van der Waals surface area contributed by atoms with Crippen LogP contribution in [0.15, 0.2) is 30.5 Å². The molecule has 0 saturated heterocycles. The molecule has 2 rings (SSSR count). The second-order valence-electron chi connectivity index (χ2n) is 4.17. The first kappa shape index (κ1) is 12.3. The van der Waals surface area contributed by atoms with Crippen molar-refractivity contribution in [1.82, 2.24) is 5.32 Å². The van der Waals surface area contributed by atoms with Crippen LogP contribution in [0, 0.1) is 0 Å². The van der Waals surface area contributed by atoms with Crippen molar-refractivity contribution in [1.29, 1.82) is 0 Å². The molecule has 96 valence electrons. The summed E-state index contributed by atoms with van der Waals surface area (Å²) in [5, 5.41) is 11.8. The van der Waals surface area contributed by atoms with E-state index in [-0.39, 0.29) is 12.6 Å². The Balaban J connectivity index is 1.88. The minimum absolute atomic E-state index is 0.157. The summed E-state index contributed by atoms with van der Waals surface area (Å²) < 4.78 is 5.44. The average Bonchev–Trinajstić information content (AvgIpc) is 2.78. The molecule has 1 heterocycles. The third kappa shape index (κ3) is 2.94.